The molecule has 1 aliphatic rings. The van der Waals surface area contributed by atoms with Crippen molar-refractivity contribution in [1.82, 2.24) is 15.1 Å². The van der Waals surface area contributed by atoms with Gasteiger partial charge in [0.2, 0.25) is 11.8 Å². The van der Waals surface area contributed by atoms with Gasteiger partial charge in [-0.3, -0.25) is 19.8 Å². The summed E-state index contributed by atoms with van der Waals surface area (Å²) in [6.45, 7) is 5.11. The van der Waals surface area contributed by atoms with Gasteiger partial charge in [0.15, 0.2) is 0 Å². The zero-order valence-electron chi connectivity index (χ0n) is 11.9. The predicted molar refractivity (Wildman–Crippen MR) is 68.4 cm³/mol. The molecule has 0 saturated carbocycles. The first-order valence-electron chi connectivity index (χ1n) is 6.15. The molecule has 1 heterocycles. The lowest BCUT2D eigenvalue weighted by atomic mass is 9.89. The molecule has 1 saturated heterocycles. The number of amides is 4. The van der Waals surface area contributed by atoms with Gasteiger partial charge in [-0.25, -0.2) is 4.79 Å². The molecule has 4 amide bonds. The molecule has 0 aromatic carbocycles. The second-order valence-electron chi connectivity index (χ2n) is 5.14. The summed E-state index contributed by atoms with van der Waals surface area (Å²) in [7, 11) is 3.49. The lowest BCUT2D eigenvalue weighted by Gasteiger charge is -2.35. The van der Waals surface area contributed by atoms with Crippen molar-refractivity contribution in [3.8, 4) is 0 Å². The van der Waals surface area contributed by atoms with Crippen LogP contribution in [-0.4, -0.2) is 68.0 Å². The SMILES string of the molecule is COCCN(C)CCN1C(=O)NC(=O)C(C)(C)C1=O. The van der Waals surface area contributed by atoms with Crippen molar-refractivity contribution in [1.29, 1.82) is 0 Å². The van der Waals surface area contributed by atoms with Crippen LogP contribution in [0.3, 0.4) is 0 Å². The molecule has 0 atom stereocenters. The zero-order chi connectivity index (χ0) is 14.6. The van der Waals surface area contributed by atoms with Crippen LogP contribution in [-0.2, 0) is 14.3 Å². The first-order chi connectivity index (χ1) is 8.80. The Morgan fingerprint density at radius 1 is 1.26 bits per heavy atom. The Morgan fingerprint density at radius 3 is 2.47 bits per heavy atom. The van der Waals surface area contributed by atoms with Crippen LogP contribution in [0.2, 0.25) is 0 Å². The smallest absolute Gasteiger partial charge is 0.330 e. The summed E-state index contributed by atoms with van der Waals surface area (Å²) in [5.74, 6) is -1.01. The highest BCUT2D eigenvalue weighted by Gasteiger charge is 2.46. The molecule has 0 radical (unpaired) electrons. The number of methoxy groups -OCH3 is 1. The van der Waals surface area contributed by atoms with Gasteiger partial charge in [0, 0.05) is 26.7 Å². The Hall–Kier alpha value is -1.47. The molecule has 0 aromatic rings. The molecule has 7 nitrogen and oxygen atoms in total. The number of carbonyl (C=O) groups excluding carboxylic acids is 3. The fraction of sp³-hybridized carbons (Fsp3) is 0.750. The number of barbiturate groups is 1. The monoisotopic (exact) mass is 271 g/mol. The Labute approximate surface area is 112 Å². The summed E-state index contributed by atoms with van der Waals surface area (Å²) in [5, 5.41) is 2.20. The molecule has 19 heavy (non-hydrogen) atoms. The summed E-state index contributed by atoms with van der Waals surface area (Å²) in [6, 6.07) is -0.644. The molecule has 108 valence electrons. The molecule has 1 aliphatic heterocycles. The highest BCUT2D eigenvalue weighted by Crippen LogP contribution is 2.23. The van der Waals surface area contributed by atoms with Crippen molar-refractivity contribution in [3.63, 3.8) is 0 Å². The number of nitrogens with one attached hydrogen (secondary N) is 1. The number of hydrogen-bond donors (Lipinski definition) is 1. The standard InChI is InChI=1S/C12H21N3O4/c1-12(2)9(16)13-11(18)15(10(12)17)6-5-14(3)7-8-19-4/h5-8H2,1-4H3,(H,13,16,18). The number of imide groups is 2. The van der Waals surface area contributed by atoms with Gasteiger partial charge in [0.1, 0.15) is 5.41 Å². The van der Waals surface area contributed by atoms with Gasteiger partial charge in [-0.1, -0.05) is 0 Å². The molecule has 0 spiro atoms. The number of nitrogens with zero attached hydrogens (tertiary/aromatic N) is 2. The van der Waals surface area contributed by atoms with Crippen molar-refractivity contribution in [2.24, 2.45) is 5.41 Å². The van der Waals surface area contributed by atoms with Gasteiger partial charge in [-0.05, 0) is 20.9 Å². The zero-order valence-corrected chi connectivity index (χ0v) is 11.9. The number of carbonyl (C=O) groups is 3. The second-order valence-corrected chi connectivity index (χ2v) is 5.14. The van der Waals surface area contributed by atoms with Gasteiger partial charge in [-0.15, -0.1) is 0 Å². The van der Waals surface area contributed by atoms with E-state index in [0.29, 0.717) is 19.7 Å². The van der Waals surface area contributed by atoms with E-state index in [4.69, 9.17) is 4.74 Å². The first kappa shape index (κ1) is 15.6. The first-order valence-corrected chi connectivity index (χ1v) is 6.15. The Balaban J connectivity index is 2.59. The summed E-state index contributed by atoms with van der Waals surface area (Å²) >= 11 is 0. The van der Waals surface area contributed by atoms with Crippen LogP contribution in [0.25, 0.3) is 0 Å². The Morgan fingerprint density at radius 2 is 1.89 bits per heavy atom. The number of likely N-dealkylation sites (N-methyl/N-ethyl adjacent to an activating group) is 1. The predicted octanol–water partition coefficient (Wildman–Crippen LogP) is -0.331. The summed E-state index contributed by atoms with van der Waals surface area (Å²) in [4.78, 5) is 38.4. The lowest BCUT2D eigenvalue weighted by Crippen LogP contribution is -2.62. The molecular formula is C12H21N3O4. The maximum atomic E-state index is 12.1. The van der Waals surface area contributed by atoms with Gasteiger partial charge >= 0.3 is 6.03 Å². The van der Waals surface area contributed by atoms with E-state index in [9.17, 15) is 14.4 Å². The summed E-state index contributed by atoms with van der Waals surface area (Å²) < 4.78 is 4.95. The largest absolute Gasteiger partial charge is 0.383 e. The highest BCUT2D eigenvalue weighted by molar-refractivity contribution is 6.18. The minimum atomic E-state index is -1.20. The minimum absolute atomic E-state index is 0.252. The fourth-order valence-electron chi connectivity index (χ4n) is 1.68. The van der Waals surface area contributed by atoms with E-state index >= 15 is 0 Å². The van der Waals surface area contributed by atoms with Crippen LogP contribution in [0.5, 0.6) is 0 Å². The Kier molecular flexibility index (Phi) is 5.02. The number of rotatable bonds is 6. The average molecular weight is 271 g/mol. The molecule has 0 aliphatic carbocycles. The van der Waals surface area contributed by atoms with Crippen LogP contribution < -0.4 is 5.32 Å². The average Bonchev–Trinajstić information content (AvgIpc) is 2.34. The van der Waals surface area contributed by atoms with Crippen molar-refractivity contribution in [2.45, 2.75) is 13.8 Å². The number of ether oxygens (including phenoxy) is 1. The molecule has 1 N–H and O–H groups in total. The van der Waals surface area contributed by atoms with E-state index in [-0.39, 0.29) is 6.54 Å². The van der Waals surface area contributed by atoms with Crippen LogP contribution in [0.1, 0.15) is 13.8 Å². The number of hydrogen-bond acceptors (Lipinski definition) is 5. The van der Waals surface area contributed by atoms with Gasteiger partial charge < -0.3 is 9.64 Å². The van der Waals surface area contributed by atoms with E-state index in [1.165, 1.54) is 13.8 Å². The summed E-state index contributed by atoms with van der Waals surface area (Å²) in [6.07, 6.45) is 0. The maximum Gasteiger partial charge on any atom is 0.330 e. The molecule has 1 rings (SSSR count). The third-order valence-electron chi connectivity index (χ3n) is 3.20. The van der Waals surface area contributed by atoms with Crippen molar-refractivity contribution >= 4 is 17.8 Å². The lowest BCUT2D eigenvalue weighted by molar-refractivity contribution is -0.149. The van der Waals surface area contributed by atoms with Crippen LogP contribution >= 0.6 is 0 Å². The van der Waals surface area contributed by atoms with Gasteiger partial charge in [-0.2, -0.15) is 0 Å². The van der Waals surface area contributed by atoms with Crippen molar-refractivity contribution in [2.75, 3.05) is 40.4 Å². The molecular weight excluding hydrogens is 250 g/mol. The molecule has 1 fully saturated rings. The van der Waals surface area contributed by atoms with Crippen molar-refractivity contribution in [3.05, 3.63) is 0 Å². The third-order valence-corrected chi connectivity index (χ3v) is 3.20. The van der Waals surface area contributed by atoms with E-state index in [1.807, 2.05) is 11.9 Å². The summed E-state index contributed by atoms with van der Waals surface area (Å²) in [5.41, 5.74) is -1.20. The van der Waals surface area contributed by atoms with E-state index in [0.717, 1.165) is 4.90 Å². The quantitative estimate of drug-likeness (QED) is 0.669. The molecule has 0 unspecified atom stereocenters. The van der Waals surface area contributed by atoms with E-state index in [2.05, 4.69) is 5.32 Å². The maximum absolute atomic E-state index is 12.1. The van der Waals surface area contributed by atoms with Crippen LogP contribution in [0.15, 0.2) is 0 Å². The molecule has 0 aromatic heterocycles. The third kappa shape index (κ3) is 3.51. The second kappa shape index (κ2) is 6.12. The van der Waals surface area contributed by atoms with Crippen molar-refractivity contribution < 1.29 is 19.1 Å². The van der Waals surface area contributed by atoms with E-state index < -0.39 is 23.3 Å². The highest BCUT2D eigenvalue weighted by atomic mass is 16.5. The molecule has 7 heteroatoms. The normalized spacial score (nSPS) is 19.0. The van der Waals surface area contributed by atoms with E-state index in [1.54, 1.807) is 7.11 Å². The fourth-order valence-corrected chi connectivity index (χ4v) is 1.68. The topological polar surface area (TPSA) is 79.0 Å². The number of urea groups is 1. The van der Waals surface area contributed by atoms with Crippen LogP contribution in [0, 0.1) is 5.41 Å². The Bertz CT molecular complexity index is 381. The minimum Gasteiger partial charge on any atom is -0.383 e. The molecule has 0 bridgehead atoms. The van der Waals surface area contributed by atoms with Gasteiger partial charge in [0.05, 0.1) is 6.61 Å². The van der Waals surface area contributed by atoms with Gasteiger partial charge in [0.25, 0.3) is 0 Å². The van der Waals surface area contributed by atoms with Crippen LogP contribution in [0.4, 0.5) is 4.79 Å².